The molecule has 0 aromatic rings. The Labute approximate surface area is 156 Å². The zero-order valence-corrected chi connectivity index (χ0v) is 16.8. The molecule has 1 atom stereocenters. The molecule has 0 aliphatic heterocycles. The fraction of sp³-hybridized carbons (Fsp3) is 0.955. The molecule has 150 valence electrons. The normalized spacial score (nSPS) is 12.4. The summed E-state index contributed by atoms with van der Waals surface area (Å²) in [6, 6.07) is 0. The Kier molecular flexibility index (Phi) is 19.3. The van der Waals surface area contributed by atoms with Crippen molar-refractivity contribution in [2.75, 3.05) is 6.61 Å². The fourth-order valence-electron chi connectivity index (χ4n) is 3.41. The molecular formula is C22H44O3. The van der Waals surface area contributed by atoms with Crippen LogP contribution in [0.4, 0.5) is 0 Å². The Morgan fingerprint density at radius 1 is 0.640 bits per heavy atom. The van der Waals surface area contributed by atoms with E-state index >= 15 is 0 Å². The predicted octanol–water partition coefficient (Wildman–Crippen LogP) is 6.72. The number of rotatable bonds is 20. The molecule has 0 saturated heterocycles. The van der Waals surface area contributed by atoms with Crippen LogP contribution in [0, 0.1) is 5.92 Å². The van der Waals surface area contributed by atoms with Crippen LogP contribution in [-0.4, -0.2) is 22.8 Å². The summed E-state index contributed by atoms with van der Waals surface area (Å²) in [5.41, 5.74) is 0. The maximum absolute atomic E-state index is 10.8. The van der Waals surface area contributed by atoms with Crippen molar-refractivity contribution in [3.05, 3.63) is 0 Å². The van der Waals surface area contributed by atoms with E-state index in [1.165, 1.54) is 96.3 Å². The van der Waals surface area contributed by atoms with Gasteiger partial charge in [0.05, 0.1) is 12.5 Å². The van der Waals surface area contributed by atoms with Crippen molar-refractivity contribution in [2.24, 2.45) is 5.92 Å². The minimum Gasteiger partial charge on any atom is -0.481 e. The Balaban J connectivity index is 3.11. The summed E-state index contributed by atoms with van der Waals surface area (Å²) in [6.07, 6.45) is 23.3. The number of aliphatic carboxylic acids is 1. The van der Waals surface area contributed by atoms with E-state index in [4.69, 9.17) is 10.2 Å². The monoisotopic (exact) mass is 356 g/mol. The van der Waals surface area contributed by atoms with Crippen molar-refractivity contribution in [3.63, 3.8) is 0 Å². The van der Waals surface area contributed by atoms with E-state index in [-0.39, 0.29) is 6.61 Å². The molecule has 0 bridgehead atoms. The van der Waals surface area contributed by atoms with Crippen LogP contribution in [0.5, 0.6) is 0 Å². The van der Waals surface area contributed by atoms with E-state index in [2.05, 4.69) is 6.92 Å². The van der Waals surface area contributed by atoms with Crippen molar-refractivity contribution in [1.29, 1.82) is 0 Å². The smallest absolute Gasteiger partial charge is 0.308 e. The zero-order valence-electron chi connectivity index (χ0n) is 16.8. The first kappa shape index (κ1) is 24.4. The number of aliphatic hydroxyl groups excluding tert-OH is 1. The molecule has 3 nitrogen and oxygen atoms in total. The van der Waals surface area contributed by atoms with Crippen molar-refractivity contribution < 1.29 is 15.0 Å². The predicted molar refractivity (Wildman–Crippen MR) is 107 cm³/mol. The quantitative estimate of drug-likeness (QED) is 0.238. The van der Waals surface area contributed by atoms with E-state index in [9.17, 15) is 4.79 Å². The van der Waals surface area contributed by atoms with Crippen molar-refractivity contribution in [3.8, 4) is 0 Å². The second kappa shape index (κ2) is 19.8. The zero-order chi connectivity index (χ0) is 18.6. The molecule has 0 aromatic heterocycles. The molecule has 0 aromatic carbocycles. The third-order valence-corrected chi connectivity index (χ3v) is 5.23. The minimum absolute atomic E-state index is 0.228. The van der Waals surface area contributed by atoms with Gasteiger partial charge in [0, 0.05) is 0 Å². The second-order valence-corrected chi connectivity index (χ2v) is 7.66. The summed E-state index contributed by atoms with van der Waals surface area (Å²) in [4.78, 5) is 10.8. The lowest BCUT2D eigenvalue weighted by molar-refractivity contribution is -0.143. The Hall–Kier alpha value is -0.570. The number of hydrogen-bond donors (Lipinski definition) is 2. The van der Waals surface area contributed by atoms with Gasteiger partial charge in [-0.25, -0.2) is 0 Å². The Morgan fingerprint density at radius 2 is 0.960 bits per heavy atom. The van der Waals surface area contributed by atoms with Crippen LogP contribution in [0.1, 0.15) is 122 Å². The number of carboxylic acid groups (broad SMARTS) is 1. The Bertz CT molecular complexity index is 278. The summed E-state index contributed by atoms with van der Waals surface area (Å²) in [6.45, 7) is 2.05. The summed E-state index contributed by atoms with van der Waals surface area (Å²) in [5, 5.41) is 17.8. The first-order valence-corrected chi connectivity index (χ1v) is 11.1. The third kappa shape index (κ3) is 18.0. The van der Waals surface area contributed by atoms with Crippen molar-refractivity contribution in [2.45, 2.75) is 122 Å². The molecule has 0 fully saturated rings. The Morgan fingerprint density at radius 3 is 1.24 bits per heavy atom. The third-order valence-electron chi connectivity index (χ3n) is 5.23. The molecule has 0 spiro atoms. The molecule has 0 heterocycles. The molecule has 1 unspecified atom stereocenters. The van der Waals surface area contributed by atoms with E-state index in [0.717, 1.165) is 12.8 Å². The summed E-state index contributed by atoms with van der Waals surface area (Å²) >= 11 is 0. The van der Waals surface area contributed by atoms with Crippen LogP contribution < -0.4 is 0 Å². The lowest BCUT2D eigenvalue weighted by Crippen LogP contribution is -2.17. The standard InChI is InChI=1S/C22H44O3/c1-2-3-4-5-6-7-8-9-10-11-12-13-14-15-16-17-18-19-21(20-23)22(24)25/h21,23H,2-20H2,1H3,(H,24,25). The van der Waals surface area contributed by atoms with Gasteiger partial charge >= 0.3 is 5.97 Å². The first-order chi connectivity index (χ1) is 12.2. The number of carbonyl (C=O) groups is 1. The summed E-state index contributed by atoms with van der Waals surface area (Å²) in [7, 11) is 0. The lowest BCUT2D eigenvalue weighted by atomic mass is 10.0. The van der Waals surface area contributed by atoms with E-state index in [1.54, 1.807) is 0 Å². The summed E-state index contributed by atoms with van der Waals surface area (Å²) < 4.78 is 0. The molecule has 25 heavy (non-hydrogen) atoms. The molecule has 2 N–H and O–H groups in total. The average molecular weight is 357 g/mol. The van der Waals surface area contributed by atoms with Gasteiger partial charge < -0.3 is 10.2 Å². The van der Waals surface area contributed by atoms with E-state index < -0.39 is 11.9 Å². The van der Waals surface area contributed by atoms with Gasteiger partial charge in [0.2, 0.25) is 0 Å². The number of unbranched alkanes of at least 4 members (excludes halogenated alkanes) is 16. The molecule has 0 rings (SSSR count). The van der Waals surface area contributed by atoms with Gasteiger partial charge in [0.1, 0.15) is 0 Å². The summed E-state index contributed by atoms with van der Waals surface area (Å²) in [5.74, 6) is -1.42. The van der Waals surface area contributed by atoms with Gasteiger partial charge in [-0.2, -0.15) is 0 Å². The number of hydrogen-bond acceptors (Lipinski definition) is 2. The van der Waals surface area contributed by atoms with Crippen LogP contribution in [0.15, 0.2) is 0 Å². The van der Waals surface area contributed by atoms with Gasteiger partial charge in [-0.15, -0.1) is 0 Å². The van der Waals surface area contributed by atoms with Crippen LogP contribution >= 0.6 is 0 Å². The average Bonchev–Trinajstić information content (AvgIpc) is 2.60. The molecular weight excluding hydrogens is 312 g/mol. The highest BCUT2D eigenvalue weighted by Crippen LogP contribution is 2.15. The highest BCUT2D eigenvalue weighted by Gasteiger charge is 2.14. The largest absolute Gasteiger partial charge is 0.481 e. The van der Waals surface area contributed by atoms with E-state index in [1.807, 2.05) is 0 Å². The number of carboxylic acids is 1. The van der Waals surface area contributed by atoms with Crippen LogP contribution in [0.3, 0.4) is 0 Å². The number of aliphatic hydroxyl groups is 1. The van der Waals surface area contributed by atoms with Gasteiger partial charge in [-0.3, -0.25) is 4.79 Å². The topological polar surface area (TPSA) is 57.5 Å². The van der Waals surface area contributed by atoms with Gasteiger partial charge in [-0.05, 0) is 6.42 Å². The van der Waals surface area contributed by atoms with Crippen LogP contribution in [0.2, 0.25) is 0 Å². The molecule has 3 heteroatoms. The fourth-order valence-corrected chi connectivity index (χ4v) is 3.41. The van der Waals surface area contributed by atoms with Crippen LogP contribution in [0.25, 0.3) is 0 Å². The molecule has 0 aliphatic carbocycles. The molecule has 0 amide bonds. The molecule has 0 saturated carbocycles. The van der Waals surface area contributed by atoms with Gasteiger partial charge in [-0.1, -0.05) is 116 Å². The highest BCUT2D eigenvalue weighted by atomic mass is 16.4. The molecule has 0 aliphatic rings. The molecule has 0 radical (unpaired) electrons. The maximum Gasteiger partial charge on any atom is 0.308 e. The first-order valence-electron chi connectivity index (χ1n) is 11.1. The maximum atomic E-state index is 10.8. The lowest BCUT2D eigenvalue weighted by Gasteiger charge is -2.08. The minimum atomic E-state index is -0.862. The van der Waals surface area contributed by atoms with Crippen LogP contribution in [-0.2, 0) is 4.79 Å². The van der Waals surface area contributed by atoms with Crippen molar-refractivity contribution in [1.82, 2.24) is 0 Å². The van der Waals surface area contributed by atoms with Gasteiger partial charge in [0.25, 0.3) is 0 Å². The second-order valence-electron chi connectivity index (χ2n) is 7.66. The van der Waals surface area contributed by atoms with Crippen molar-refractivity contribution >= 4 is 5.97 Å². The van der Waals surface area contributed by atoms with E-state index in [0.29, 0.717) is 6.42 Å². The highest BCUT2D eigenvalue weighted by molar-refractivity contribution is 5.69. The van der Waals surface area contributed by atoms with Gasteiger partial charge in [0.15, 0.2) is 0 Å². The SMILES string of the molecule is CCCCCCCCCCCCCCCCCCCC(CO)C(=O)O.